The Bertz CT molecular complexity index is 372. The van der Waals surface area contributed by atoms with Gasteiger partial charge in [-0.15, -0.1) is 0 Å². The highest BCUT2D eigenvalue weighted by atomic mass is 16.5. The molecule has 86 valence electrons. The van der Waals surface area contributed by atoms with Gasteiger partial charge in [0.05, 0.1) is 6.61 Å². The molecule has 0 bridgehead atoms. The number of benzene rings is 1. The third kappa shape index (κ3) is 2.06. The average Bonchev–Trinajstić information content (AvgIpc) is 2.97. The van der Waals surface area contributed by atoms with E-state index in [1.807, 2.05) is 0 Å². The van der Waals surface area contributed by atoms with Gasteiger partial charge in [-0.2, -0.15) is 0 Å². The number of ether oxygens (including phenoxy) is 1. The van der Waals surface area contributed by atoms with Crippen molar-refractivity contribution in [1.82, 2.24) is 10.6 Å². The molecule has 0 radical (unpaired) electrons. The van der Waals surface area contributed by atoms with E-state index in [2.05, 4.69) is 28.8 Å². The first-order chi connectivity index (χ1) is 7.92. The first-order valence-electron chi connectivity index (χ1n) is 6.10. The molecule has 1 aromatic carbocycles. The van der Waals surface area contributed by atoms with E-state index in [1.54, 1.807) is 0 Å². The van der Waals surface area contributed by atoms with E-state index in [4.69, 9.17) is 4.74 Å². The van der Waals surface area contributed by atoms with Crippen molar-refractivity contribution >= 4 is 0 Å². The minimum absolute atomic E-state index is 0.643. The number of hydrogen-bond donors (Lipinski definition) is 2. The van der Waals surface area contributed by atoms with Gasteiger partial charge in [-0.3, -0.25) is 0 Å². The highest BCUT2D eigenvalue weighted by Crippen LogP contribution is 2.25. The Labute approximate surface area is 96.2 Å². The highest BCUT2D eigenvalue weighted by molar-refractivity contribution is 5.39. The van der Waals surface area contributed by atoms with E-state index in [1.165, 1.54) is 17.5 Å². The summed E-state index contributed by atoms with van der Waals surface area (Å²) in [5.74, 6) is 1.08. The highest BCUT2D eigenvalue weighted by Gasteiger charge is 2.15. The van der Waals surface area contributed by atoms with Crippen molar-refractivity contribution in [1.29, 1.82) is 0 Å². The molecule has 2 aliphatic rings. The van der Waals surface area contributed by atoms with Crippen molar-refractivity contribution < 1.29 is 4.74 Å². The summed E-state index contributed by atoms with van der Waals surface area (Å²) in [6.45, 7) is 4.07. The lowest BCUT2D eigenvalue weighted by molar-refractivity contribution is 0.357. The van der Waals surface area contributed by atoms with Crippen LogP contribution in [0.1, 0.15) is 17.5 Å². The van der Waals surface area contributed by atoms with Crippen molar-refractivity contribution in [2.75, 3.05) is 19.7 Å². The van der Waals surface area contributed by atoms with Crippen LogP contribution >= 0.6 is 0 Å². The van der Waals surface area contributed by atoms with E-state index in [0.29, 0.717) is 6.04 Å². The second-order valence-electron chi connectivity index (χ2n) is 4.61. The second kappa shape index (κ2) is 4.44. The molecule has 3 nitrogen and oxygen atoms in total. The third-order valence-electron chi connectivity index (χ3n) is 3.41. The molecule has 2 aliphatic heterocycles. The molecule has 3 heteroatoms. The number of rotatable bonds is 3. The van der Waals surface area contributed by atoms with Gasteiger partial charge in [0.2, 0.25) is 0 Å². The number of hydrogen-bond acceptors (Lipinski definition) is 3. The largest absolute Gasteiger partial charge is 0.493 e. The summed E-state index contributed by atoms with van der Waals surface area (Å²) in [6, 6.07) is 7.19. The quantitative estimate of drug-likeness (QED) is 0.796. The van der Waals surface area contributed by atoms with E-state index in [-0.39, 0.29) is 0 Å². The molecule has 2 heterocycles. The molecule has 0 spiro atoms. The van der Waals surface area contributed by atoms with Crippen molar-refractivity contribution in [2.45, 2.75) is 25.4 Å². The Morgan fingerprint density at radius 2 is 2.44 bits per heavy atom. The van der Waals surface area contributed by atoms with Gasteiger partial charge in [-0.1, -0.05) is 12.1 Å². The molecule has 1 saturated heterocycles. The van der Waals surface area contributed by atoms with Crippen molar-refractivity contribution in [3.05, 3.63) is 29.3 Å². The third-order valence-corrected chi connectivity index (χ3v) is 3.41. The molecule has 0 saturated carbocycles. The molecule has 3 rings (SSSR count). The van der Waals surface area contributed by atoms with Gasteiger partial charge in [0.15, 0.2) is 0 Å². The molecule has 0 aliphatic carbocycles. The smallest absolute Gasteiger partial charge is 0.122 e. The predicted molar refractivity (Wildman–Crippen MR) is 63.8 cm³/mol. The standard InChI is InChI=1S/C13H18N2O/c1-2-13-11(4-6-16-13)7-10(1)8-15-12-3-5-14-9-12/h1-2,7,12,14-15H,3-6,8-9H2. The fraction of sp³-hybridized carbons (Fsp3) is 0.538. The lowest BCUT2D eigenvalue weighted by Gasteiger charge is -2.11. The van der Waals surface area contributed by atoms with Gasteiger partial charge in [-0.25, -0.2) is 0 Å². The first-order valence-corrected chi connectivity index (χ1v) is 6.10. The van der Waals surface area contributed by atoms with Crippen LogP contribution in [0.4, 0.5) is 0 Å². The van der Waals surface area contributed by atoms with Crippen molar-refractivity contribution in [2.24, 2.45) is 0 Å². The van der Waals surface area contributed by atoms with Crippen LogP contribution in [0.5, 0.6) is 5.75 Å². The molecule has 0 aromatic heterocycles. The molecular formula is C13H18N2O. The first kappa shape index (κ1) is 10.1. The van der Waals surface area contributed by atoms with Crippen LogP contribution in [0.3, 0.4) is 0 Å². The topological polar surface area (TPSA) is 33.3 Å². The van der Waals surface area contributed by atoms with E-state index in [0.717, 1.165) is 38.4 Å². The minimum Gasteiger partial charge on any atom is -0.493 e. The van der Waals surface area contributed by atoms with E-state index < -0.39 is 0 Å². The Morgan fingerprint density at radius 3 is 3.31 bits per heavy atom. The molecule has 2 N–H and O–H groups in total. The normalized spacial score (nSPS) is 23.1. The molecule has 1 unspecified atom stereocenters. The van der Waals surface area contributed by atoms with Crippen molar-refractivity contribution in [3.63, 3.8) is 0 Å². The summed E-state index contributed by atoms with van der Waals surface area (Å²) >= 11 is 0. The van der Waals surface area contributed by atoms with Crippen LogP contribution in [0.15, 0.2) is 18.2 Å². The Hall–Kier alpha value is -1.06. The van der Waals surface area contributed by atoms with Crippen LogP contribution in [0, 0.1) is 0 Å². The van der Waals surface area contributed by atoms with E-state index >= 15 is 0 Å². The Balaban J connectivity index is 1.61. The van der Waals surface area contributed by atoms with Gasteiger partial charge in [0.1, 0.15) is 5.75 Å². The second-order valence-corrected chi connectivity index (χ2v) is 4.61. The zero-order valence-corrected chi connectivity index (χ0v) is 9.46. The summed E-state index contributed by atoms with van der Waals surface area (Å²) in [4.78, 5) is 0. The van der Waals surface area contributed by atoms with Gasteiger partial charge in [-0.05, 0) is 30.2 Å². The summed E-state index contributed by atoms with van der Waals surface area (Å²) in [5.41, 5.74) is 2.74. The maximum absolute atomic E-state index is 5.50. The van der Waals surface area contributed by atoms with E-state index in [9.17, 15) is 0 Å². The predicted octanol–water partition coefficient (Wildman–Crippen LogP) is 1.07. The van der Waals surface area contributed by atoms with Crippen LogP contribution < -0.4 is 15.4 Å². The van der Waals surface area contributed by atoms with Gasteiger partial charge in [0.25, 0.3) is 0 Å². The lowest BCUT2D eigenvalue weighted by atomic mass is 10.1. The van der Waals surface area contributed by atoms with Gasteiger partial charge < -0.3 is 15.4 Å². The fourth-order valence-electron chi connectivity index (χ4n) is 2.44. The number of nitrogens with one attached hydrogen (secondary N) is 2. The minimum atomic E-state index is 0.643. The zero-order chi connectivity index (χ0) is 10.8. The number of fused-ring (bicyclic) bond motifs is 1. The maximum atomic E-state index is 5.50. The molecule has 16 heavy (non-hydrogen) atoms. The Morgan fingerprint density at radius 1 is 1.44 bits per heavy atom. The van der Waals surface area contributed by atoms with Gasteiger partial charge in [0, 0.05) is 25.6 Å². The average molecular weight is 218 g/mol. The van der Waals surface area contributed by atoms with Crippen molar-refractivity contribution in [3.8, 4) is 5.75 Å². The van der Waals surface area contributed by atoms with Gasteiger partial charge >= 0.3 is 0 Å². The zero-order valence-electron chi connectivity index (χ0n) is 9.46. The molecule has 1 atom stereocenters. The fourth-order valence-corrected chi connectivity index (χ4v) is 2.44. The monoisotopic (exact) mass is 218 g/mol. The van der Waals surface area contributed by atoms with Crippen LogP contribution in [-0.4, -0.2) is 25.7 Å². The van der Waals surface area contributed by atoms with Crippen LogP contribution in [-0.2, 0) is 13.0 Å². The summed E-state index contributed by atoms with van der Waals surface area (Å²) in [7, 11) is 0. The summed E-state index contributed by atoms with van der Waals surface area (Å²) in [5, 5.41) is 6.95. The molecule has 1 aromatic rings. The summed E-state index contributed by atoms with van der Waals surface area (Å²) in [6.07, 6.45) is 2.31. The Kier molecular flexibility index (Phi) is 2.80. The SMILES string of the molecule is c1cc2c(cc1CNC1CCNC1)CCO2. The maximum Gasteiger partial charge on any atom is 0.122 e. The lowest BCUT2D eigenvalue weighted by Crippen LogP contribution is -2.30. The van der Waals surface area contributed by atoms with Crippen LogP contribution in [0.2, 0.25) is 0 Å². The molecular weight excluding hydrogens is 200 g/mol. The molecule has 1 fully saturated rings. The van der Waals surface area contributed by atoms with Crippen LogP contribution in [0.25, 0.3) is 0 Å². The molecule has 0 amide bonds. The summed E-state index contributed by atoms with van der Waals surface area (Å²) < 4.78 is 5.50.